The van der Waals surface area contributed by atoms with E-state index in [1.165, 1.54) is 12.1 Å². The maximum absolute atomic E-state index is 10.8. The van der Waals surface area contributed by atoms with Crippen LogP contribution in [-0.4, -0.2) is 27.3 Å². The van der Waals surface area contributed by atoms with Gasteiger partial charge in [-0.15, -0.1) is 0 Å². The molecule has 0 saturated carbocycles. The van der Waals surface area contributed by atoms with Crippen molar-refractivity contribution in [3.8, 4) is 5.75 Å². The fourth-order valence-electron chi connectivity index (χ4n) is 2.81. The van der Waals surface area contributed by atoms with Crippen molar-refractivity contribution in [2.75, 3.05) is 0 Å². The van der Waals surface area contributed by atoms with Crippen LogP contribution in [0, 0.1) is 0 Å². The molecule has 4 rings (SSSR count). The van der Waals surface area contributed by atoms with E-state index in [0.29, 0.717) is 10.9 Å². The van der Waals surface area contributed by atoms with Gasteiger partial charge in [0.1, 0.15) is 5.75 Å². The molecule has 0 fully saturated rings. The molecule has 4 aromatic carbocycles. The Labute approximate surface area is 154 Å². The number of carboxylic acid groups (broad SMARTS) is 2. The molecule has 3 N–H and O–H groups in total. The Morgan fingerprint density at radius 2 is 1.30 bits per heavy atom. The Balaban J connectivity index is 0.000000156. The molecule has 134 valence electrons. The van der Waals surface area contributed by atoms with Crippen molar-refractivity contribution in [3.05, 3.63) is 90.0 Å². The monoisotopic (exact) mass is 360 g/mol. The number of carboxylic acids is 2. The summed E-state index contributed by atoms with van der Waals surface area (Å²) in [7, 11) is 0. The topological polar surface area (TPSA) is 94.8 Å². The predicted octanol–water partition coefficient (Wildman–Crippen LogP) is 4.78. The highest BCUT2D eigenvalue weighted by Gasteiger charge is 2.06. The first-order valence-corrected chi connectivity index (χ1v) is 8.13. The Morgan fingerprint density at radius 3 is 2.04 bits per heavy atom. The maximum atomic E-state index is 10.8. The van der Waals surface area contributed by atoms with Crippen LogP contribution in [0.4, 0.5) is 0 Å². The third-order valence-electron chi connectivity index (χ3n) is 4.12. The van der Waals surface area contributed by atoms with Crippen LogP contribution < -0.4 is 0 Å². The van der Waals surface area contributed by atoms with Crippen LogP contribution in [0.1, 0.15) is 20.7 Å². The zero-order valence-electron chi connectivity index (χ0n) is 14.2. The highest BCUT2D eigenvalue weighted by atomic mass is 16.4. The molecule has 0 aliphatic carbocycles. The van der Waals surface area contributed by atoms with E-state index in [9.17, 15) is 14.7 Å². The Bertz CT molecular complexity index is 1140. The summed E-state index contributed by atoms with van der Waals surface area (Å²) in [5.41, 5.74) is 0.584. The number of phenolic OH excluding ortho intramolecular Hbond substituents is 1. The van der Waals surface area contributed by atoms with Crippen molar-refractivity contribution in [2.24, 2.45) is 0 Å². The van der Waals surface area contributed by atoms with Crippen molar-refractivity contribution in [2.45, 2.75) is 0 Å². The number of carbonyl (C=O) groups is 2. The van der Waals surface area contributed by atoms with Gasteiger partial charge in [-0.2, -0.15) is 0 Å². The summed E-state index contributed by atoms with van der Waals surface area (Å²) in [5.74, 6) is -1.67. The van der Waals surface area contributed by atoms with Gasteiger partial charge in [0.05, 0.1) is 11.1 Å². The van der Waals surface area contributed by atoms with Gasteiger partial charge in [-0.3, -0.25) is 0 Å². The van der Waals surface area contributed by atoms with Gasteiger partial charge < -0.3 is 15.3 Å². The summed E-state index contributed by atoms with van der Waals surface area (Å²) >= 11 is 0. The second-order valence-electron chi connectivity index (χ2n) is 5.85. The summed E-state index contributed by atoms with van der Waals surface area (Å²) in [6, 6.07) is 22.4. The van der Waals surface area contributed by atoms with Crippen LogP contribution in [0.25, 0.3) is 21.5 Å². The Morgan fingerprint density at radius 1 is 0.630 bits per heavy atom. The number of benzene rings is 4. The molecule has 0 radical (unpaired) electrons. The van der Waals surface area contributed by atoms with Gasteiger partial charge >= 0.3 is 11.9 Å². The summed E-state index contributed by atoms with van der Waals surface area (Å²) in [6.45, 7) is 0. The van der Waals surface area contributed by atoms with Crippen LogP contribution in [0.15, 0.2) is 78.9 Å². The average molecular weight is 360 g/mol. The molecule has 27 heavy (non-hydrogen) atoms. The average Bonchev–Trinajstić information content (AvgIpc) is 2.68. The van der Waals surface area contributed by atoms with E-state index in [-0.39, 0.29) is 11.3 Å². The molecule has 0 aliphatic heterocycles. The lowest BCUT2D eigenvalue weighted by atomic mass is 10.1. The standard InChI is InChI=1S/C11H8O3.C11H8O2/c12-10-3-1-2-7-6-8(11(13)14)4-5-9(7)10;12-11(13)10-7-3-5-8-4-1-2-6-9(8)10/h1-6,12H,(H,13,14);1-7H,(H,12,13). The second-order valence-corrected chi connectivity index (χ2v) is 5.85. The maximum Gasteiger partial charge on any atom is 0.336 e. The molecule has 0 aliphatic rings. The molecular formula is C22H16O5. The Hall–Kier alpha value is -3.86. The van der Waals surface area contributed by atoms with Crippen molar-refractivity contribution in [3.63, 3.8) is 0 Å². The third-order valence-corrected chi connectivity index (χ3v) is 4.12. The van der Waals surface area contributed by atoms with Gasteiger partial charge in [0.25, 0.3) is 0 Å². The van der Waals surface area contributed by atoms with Crippen LogP contribution in [0.3, 0.4) is 0 Å². The lowest BCUT2D eigenvalue weighted by molar-refractivity contribution is 0.0687. The van der Waals surface area contributed by atoms with E-state index >= 15 is 0 Å². The van der Waals surface area contributed by atoms with E-state index in [4.69, 9.17) is 10.2 Å². The van der Waals surface area contributed by atoms with E-state index in [1.807, 2.05) is 30.3 Å². The minimum absolute atomic E-state index is 0.166. The van der Waals surface area contributed by atoms with Gasteiger partial charge in [0.15, 0.2) is 0 Å². The largest absolute Gasteiger partial charge is 0.507 e. The molecule has 5 nitrogen and oxygen atoms in total. The first-order valence-electron chi connectivity index (χ1n) is 8.13. The molecule has 0 saturated heterocycles. The molecule has 0 unspecified atom stereocenters. The van der Waals surface area contributed by atoms with E-state index in [1.54, 1.807) is 36.4 Å². The van der Waals surface area contributed by atoms with Gasteiger partial charge in [0.2, 0.25) is 0 Å². The van der Waals surface area contributed by atoms with Crippen molar-refractivity contribution < 1.29 is 24.9 Å². The van der Waals surface area contributed by atoms with Crippen molar-refractivity contribution >= 4 is 33.5 Å². The van der Waals surface area contributed by atoms with Crippen LogP contribution in [0.2, 0.25) is 0 Å². The van der Waals surface area contributed by atoms with Crippen molar-refractivity contribution in [1.29, 1.82) is 0 Å². The fourth-order valence-corrected chi connectivity index (χ4v) is 2.81. The number of phenols is 1. The lowest BCUT2D eigenvalue weighted by Gasteiger charge is -2.01. The zero-order valence-corrected chi connectivity index (χ0v) is 14.2. The number of aromatic carboxylic acids is 2. The number of rotatable bonds is 2. The molecule has 5 heteroatoms. The molecule has 4 aromatic rings. The first-order chi connectivity index (χ1) is 13.0. The summed E-state index contributed by atoms with van der Waals surface area (Å²) in [6.07, 6.45) is 0. The molecule has 0 heterocycles. The highest BCUT2D eigenvalue weighted by molar-refractivity contribution is 6.03. The third kappa shape index (κ3) is 3.88. The Kier molecular flexibility index (Phi) is 5.04. The minimum Gasteiger partial charge on any atom is -0.507 e. The quantitative estimate of drug-likeness (QED) is 0.478. The normalized spacial score (nSPS) is 10.2. The van der Waals surface area contributed by atoms with Gasteiger partial charge in [-0.25, -0.2) is 9.59 Å². The number of hydrogen-bond acceptors (Lipinski definition) is 3. The molecule has 0 atom stereocenters. The van der Waals surface area contributed by atoms with Gasteiger partial charge in [-0.1, -0.05) is 48.5 Å². The SMILES string of the molecule is O=C(O)c1ccc2c(O)cccc2c1.O=C(O)c1cccc2ccccc12. The fraction of sp³-hybridized carbons (Fsp3) is 0. The van der Waals surface area contributed by atoms with Crippen LogP contribution in [0.5, 0.6) is 5.75 Å². The lowest BCUT2D eigenvalue weighted by Crippen LogP contribution is -1.96. The van der Waals surface area contributed by atoms with E-state index in [2.05, 4.69) is 0 Å². The predicted molar refractivity (Wildman–Crippen MR) is 103 cm³/mol. The van der Waals surface area contributed by atoms with E-state index < -0.39 is 11.9 Å². The van der Waals surface area contributed by atoms with Crippen LogP contribution in [-0.2, 0) is 0 Å². The van der Waals surface area contributed by atoms with Gasteiger partial charge in [0, 0.05) is 5.39 Å². The second kappa shape index (κ2) is 7.58. The molecule has 0 spiro atoms. The highest BCUT2D eigenvalue weighted by Crippen LogP contribution is 2.24. The zero-order chi connectivity index (χ0) is 19.4. The summed E-state index contributed by atoms with van der Waals surface area (Å²) in [5, 5.41) is 30.2. The number of fused-ring (bicyclic) bond motifs is 2. The first kappa shape index (κ1) is 17.9. The number of hydrogen-bond donors (Lipinski definition) is 3. The summed E-state index contributed by atoms with van der Waals surface area (Å²) in [4.78, 5) is 21.5. The van der Waals surface area contributed by atoms with Crippen molar-refractivity contribution in [1.82, 2.24) is 0 Å². The molecule has 0 aromatic heterocycles. The smallest absolute Gasteiger partial charge is 0.336 e. The minimum atomic E-state index is -0.963. The summed E-state index contributed by atoms with van der Waals surface area (Å²) < 4.78 is 0. The number of aromatic hydroxyl groups is 1. The van der Waals surface area contributed by atoms with Gasteiger partial charge in [-0.05, 0) is 46.5 Å². The molecule has 0 bridgehead atoms. The molecule has 0 amide bonds. The van der Waals surface area contributed by atoms with E-state index in [0.717, 1.165) is 16.2 Å². The van der Waals surface area contributed by atoms with Crippen LogP contribution >= 0.6 is 0 Å². The molecular weight excluding hydrogens is 344 g/mol.